The molecule has 0 radical (unpaired) electrons. The first-order valence-electron chi connectivity index (χ1n) is 4.09. The smallest absolute Gasteiger partial charge is 0.124 e. The first kappa shape index (κ1) is 9.21. The predicted molar refractivity (Wildman–Crippen MR) is 55.9 cm³/mol. The largest absolute Gasteiger partial charge is 0.396 e. The summed E-state index contributed by atoms with van der Waals surface area (Å²) in [6.07, 6.45) is 1.48. The quantitative estimate of drug-likeness (QED) is 0.726. The van der Waals surface area contributed by atoms with E-state index in [1.165, 1.54) is 18.3 Å². The predicted octanol–water partition coefficient (Wildman–Crippen LogP) is 2.92. The number of rotatable bonds is 0. The number of hydrogen-bond donors (Lipinski definition) is 1. The fourth-order valence-electron chi connectivity index (χ4n) is 1.42. The monoisotopic (exact) mass is 210 g/mol. The van der Waals surface area contributed by atoms with Gasteiger partial charge < -0.3 is 5.73 Å². The summed E-state index contributed by atoms with van der Waals surface area (Å²) in [5.41, 5.74) is 7.37. The highest BCUT2D eigenvalue weighted by Gasteiger charge is 2.07. The molecule has 4 heteroatoms. The molecule has 0 fully saturated rings. The van der Waals surface area contributed by atoms with E-state index in [9.17, 15) is 4.39 Å². The van der Waals surface area contributed by atoms with Crippen molar-refractivity contribution < 1.29 is 4.39 Å². The Morgan fingerprint density at radius 1 is 1.43 bits per heavy atom. The van der Waals surface area contributed by atoms with Gasteiger partial charge in [0.2, 0.25) is 0 Å². The fraction of sp³-hybridized carbons (Fsp3) is 0.100. The number of pyridine rings is 1. The Labute approximate surface area is 85.5 Å². The van der Waals surface area contributed by atoms with Gasteiger partial charge >= 0.3 is 0 Å². The van der Waals surface area contributed by atoms with Crippen LogP contribution in [0.3, 0.4) is 0 Å². The van der Waals surface area contributed by atoms with Gasteiger partial charge in [-0.25, -0.2) is 4.39 Å². The zero-order valence-corrected chi connectivity index (χ0v) is 8.27. The maximum absolute atomic E-state index is 13.1. The standard InChI is InChI=1S/C10H8ClFN2/c1-5-2-6(12)3-7-9(11)8(13)4-14-10(5)7/h2-4H,13H2,1H3. The van der Waals surface area contributed by atoms with Crippen LogP contribution >= 0.6 is 11.6 Å². The first-order chi connectivity index (χ1) is 6.59. The number of nitrogen functional groups attached to an aromatic ring is 1. The molecular formula is C10H8ClFN2. The number of halogens is 2. The lowest BCUT2D eigenvalue weighted by molar-refractivity contribution is 0.628. The Morgan fingerprint density at radius 2 is 2.14 bits per heavy atom. The van der Waals surface area contributed by atoms with Crippen molar-refractivity contribution in [1.29, 1.82) is 0 Å². The van der Waals surface area contributed by atoms with E-state index in [1.54, 1.807) is 6.92 Å². The van der Waals surface area contributed by atoms with Crippen LogP contribution in [0.1, 0.15) is 5.56 Å². The molecule has 0 amide bonds. The summed E-state index contributed by atoms with van der Waals surface area (Å²) in [5.74, 6) is -0.329. The normalized spacial score (nSPS) is 10.8. The summed E-state index contributed by atoms with van der Waals surface area (Å²) in [6.45, 7) is 1.78. The van der Waals surface area contributed by atoms with Crippen molar-refractivity contribution in [3.8, 4) is 0 Å². The minimum absolute atomic E-state index is 0.329. The molecule has 2 nitrogen and oxygen atoms in total. The van der Waals surface area contributed by atoms with E-state index in [0.717, 1.165) is 5.56 Å². The second kappa shape index (κ2) is 3.10. The molecule has 2 aromatic rings. The molecular weight excluding hydrogens is 203 g/mol. The van der Waals surface area contributed by atoms with E-state index in [2.05, 4.69) is 4.98 Å². The van der Waals surface area contributed by atoms with Crippen molar-refractivity contribution in [2.75, 3.05) is 5.73 Å². The third kappa shape index (κ3) is 1.30. The van der Waals surface area contributed by atoms with E-state index in [1.807, 2.05) is 0 Å². The molecule has 0 aliphatic carbocycles. The Morgan fingerprint density at radius 3 is 2.86 bits per heavy atom. The second-order valence-electron chi connectivity index (χ2n) is 3.15. The fourth-order valence-corrected chi connectivity index (χ4v) is 1.61. The highest BCUT2D eigenvalue weighted by Crippen LogP contribution is 2.29. The number of anilines is 1. The van der Waals surface area contributed by atoms with Gasteiger partial charge in [0.25, 0.3) is 0 Å². The van der Waals surface area contributed by atoms with Gasteiger partial charge in [-0.2, -0.15) is 0 Å². The van der Waals surface area contributed by atoms with E-state index in [4.69, 9.17) is 17.3 Å². The number of fused-ring (bicyclic) bond motifs is 1. The molecule has 0 atom stereocenters. The summed E-state index contributed by atoms with van der Waals surface area (Å²) in [5, 5.41) is 0.918. The topological polar surface area (TPSA) is 38.9 Å². The average Bonchev–Trinajstić information content (AvgIpc) is 2.12. The summed E-state index contributed by atoms with van der Waals surface area (Å²) >= 11 is 5.94. The molecule has 0 spiro atoms. The van der Waals surface area contributed by atoms with Crippen molar-refractivity contribution in [2.45, 2.75) is 6.92 Å². The Hall–Kier alpha value is -1.35. The van der Waals surface area contributed by atoms with Crippen LogP contribution < -0.4 is 5.73 Å². The van der Waals surface area contributed by atoms with Crippen LogP contribution in [0.25, 0.3) is 10.9 Å². The molecule has 72 valence electrons. The number of benzene rings is 1. The van der Waals surface area contributed by atoms with Gasteiger partial charge in [0.15, 0.2) is 0 Å². The van der Waals surface area contributed by atoms with Crippen molar-refractivity contribution in [2.24, 2.45) is 0 Å². The SMILES string of the molecule is Cc1cc(F)cc2c(Cl)c(N)cnc12. The maximum Gasteiger partial charge on any atom is 0.124 e. The lowest BCUT2D eigenvalue weighted by Crippen LogP contribution is -1.92. The third-order valence-corrected chi connectivity index (χ3v) is 2.51. The number of aromatic nitrogens is 1. The molecule has 2 rings (SSSR count). The van der Waals surface area contributed by atoms with Crippen molar-refractivity contribution >= 4 is 28.2 Å². The minimum atomic E-state index is -0.329. The molecule has 1 heterocycles. The van der Waals surface area contributed by atoms with Gasteiger partial charge in [-0.1, -0.05) is 11.6 Å². The van der Waals surface area contributed by atoms with Crippen molar-refractivity contribution in [3.05, 3.63) is 34.7 Å². The van der Waals surface area contributed by atoms with Crippen LogP contribution in [-0.4, -0.2) is 4.98 Å². The molecule has 2 N–H and O–H groups in total. The molecule has 1 aromatic carbocycles. The molecule has 1 aromatic heterocycles. The lowest BCUT2D eigenvalue weighted by Gasteiger charge is -2.05. The molecule has 0 aliphatic rings. The van der Waals surface area contributed by atoms with Crippen LogP contribution in [0.2, 0.25) is 5.02 Å². The van der Waals surface area contributed by atoms with Gasteiger partial charge in [-0.15, -0.1) is 0 Å². The summed E-state index contributed by atoms with van der Waals surface area (Å²) in [7, 11) is 0. The average molecular weight is 211 g/mol. The molecule has 0 aliphatic heterocycles. The number of hydrogen-bond acceptors (Lipinski definition) is 2. The molecule has 0 bridgehead atoms. The van der Waals surface area contributed by atoms with Crippen LogP contribution in [-0.2, 0) is 0 Å². The summed E-state index contributed by atoms with van der Waals surface area (Å²) < 4.78 is 13.1. The van der Waals surface area contributed by atoms with Crippen LogP contribution in [0.5, 0.6) is 0 Å². The number of nitrogens with two attached hydrogens (primary N) is 1. The van der Waals surface area contributed by atoms with Gasteiger partial charge in [-0.3, -0.25) is 4.98 Å². The lowest BCUT2D eigenvalue weighted by atomic mass is 10.1. The zero-order chi connectivity index (χ0) is 10.3. The highest BCUT2D eigenvalue weighted by molar-refractivity contribution is 6.37. The second-order valence-corrected chi connectivity index (χ2v) is 3.52. The van der Waals surface area contributed by atoms with E-state index in [0.29, 0.717) is 21.6 Å². The number of nitrogens with zero attached hydrogens (tertiary/aromatic N) is 1. The van der Waals surface area contributed by atoms with Gasteiger partial charge in [-0.05, 0) is 24.6 Å². The Bertz CT molecular complexity index is 511. The van der Waals surface area contributed by atoms with Gasteiger partial charge in [0.1, 0.15) is 5.82 Å². The maximum atomic E-state index is 13.1. The van der Waals surface area contributed by atoms with Crippen LogP contribution in [0, 0.1) is 12.7 Å². The van der Waals surface area contributed by atoms with Gasteiger partial charge in [0.05, 0.1) is 22.4 Å². The molecule has 0 saturated heterocycles. The first-order valence-corrected chi connectivity index (χ1v) is 4.47. The molecule has 0 unspecified atom stereocenters. The third-order valence-electron chi connectivity index (χ3n) is 2.09. The highest BCUT2D eigenvalue weighted by atomic mass is 35.5. The van der Waals surface area contributed by atoms with Crippen LogP contribution in [0.15, 0.2) is 18.3 Å². The number of aryl methyl sites for hydroxylation is 1. The van der Waals surface area contributed by atoms with E-state index >= 15 is 0 Å². The van der Waals surface area contributed by atoms with E-state index in [-0.39, 0.29) is 5.82 Å². The Balaban J connectivity index is 2.95. The Kier molecular flexibility index (Phi) is 2.04. The molecule has 0 saturated carbocycles. The van der Waals surface area contributed by atoms with Crippen LogP contribution in [0.4, 0.5) is 10.1 Å². The minimum Gasteiger partial charge on any atom is -0.396 e. The summed E-state index contributed by atoms with van der Waals surface area (Å²) in [6, 6.07) is 2.76. The molecule has 14 heavy (non-hydrogen) atoms. The van der Waals surface area contributed by atoms with E-state index < -0.39 is 0 Å². The van der Waals surface area contributed by atoms with Crippen molar-refractivity contribution in [1.82, 2.24) is 4.98 Å². The van der Waals surface area contributed by atoms with Crippen molar-refractivity contribution in [3.63, 3.8) is 0 Å². The van der Waals surface area contributed by atoms with Gasteiger partial charge in [0, 0.05) is 5.39 Å². The summed E-state index contributed by atoms with van der Waals surface area (Å²) in [4.78, 5) is 4.11. The zero-order valence-electron chi connectivity index (χ0n) is 7.51.